The van der Waals surface area contributed by atoms with Gasteiger partial charge in [-0.2, -0.15) is 0 Å². The number of rotatable bonds is 0. The van der Waals surface area contributed by atoms with Gasteiger partial charge < -0.3 is 5.11 Å². The van der Waals surface area contributed by atoms with E-state index in [0.717, 1.165) is 16.7 Å². The van der Waals surface area contributed by atoms with Crippen LogP contribution in [0.4, 0.5) is 0 Å². The molecule has 3 rings (SSSR count). The van der Waals surface area contributed by atoms with Crippen LogP contribution in [0.1, 0.15) is 22.1 Å². The fourth-order valence-electron chi connectivity index (χ4n) is 2.31. The second-order valence-electron chi connectivity index (χ2n) is 4.02. The van der Waals surface area contributed by atoms with Crippen molar-refractivity contribution in [3.63, 3.8) is 0 Å². The molecule has 1 aliphatic rings. The molecule has 2 heteroatoms. The van der Waals surface area contributed by atoms with Crippen molar-refractivity contribution < 1.29 is 5.11 Å². The Labute approximate surface area is 103 Å². The Morgan fingerprint density at radius 2 is 1.31 bits per heavy atom. The molecular weight excluding hydrogens is 264 g/mol. The van der Waals surface area contributed by atoms with Crippen molar-refractivity contribution in [1.29, 1.82) is 0 Å². The first kappa shape index (κ1) is 10.1. The second-order valence-corrected chi connectivity index (χ2v) is 5.01. The predicted octanol–water partition coefficient (Wildman–Crippen LogP) is 3.84. The summed E-state index contributed by atoms with van der Waals surface area (Å²) in [5.41, 5.74) is 4.52. The largest absolute Gasteiger partial charge is 0.387 e. The fourth-order valence-corrected chi connectivity index (χ4v) is 2.99. The lowest BCUT2D eigenvalue weighted by atomic mass is 9.84. The molecule has 0 bridgehead atoms. The van der Waals surface area contributed by atoms with Gasteiger partial charge in [0.2, 0.25) is 0 Å². The lowest BCUT2D eigenvalue weighted by Gasteiger charge is -2.28. The van der Waals surface area contributed by atoms with Gasteiger partial charge in [0.15, 0.2) is 0 Å². The summed E-state index contributed by atoms with van der Waals surface area (Å²) in [7, 11) is 0. The smallest absolute Gasteiger partial charge is 0.0962 e. The average Bonchev–Trinajstić information content (AvgIpc) is 2.36. The molecule has 0 unspecified atom stereocenters. The molecule has 1 aliphatic carbocycles. The van der Waals surface area contributed by atoms with Gasteiger partial charge in [-0.3, -0.25) is 0 Å². The van der Waals surface area contributed by atoms with Gasteiger partial charge in [0.1, 0.15) is 0 Å². The molecule has 0 amide bonds. The zero-order valence-electron chi connectivity index (χ0n) is 8.60. The van der Waals surface area contributed by atoms with Gasteiger partial charge in [-0.25, -0.2) is 0 Å². The van der Waals surface area contributed by atoms with E-state index in [2.05, 4.69) is 34.1 Å². The van der Waals surface area contributed by atoms with Crippen LogP contribution < -0.4 is 0 Å². The third-order valence-corrected chi connectivity index (χ3v) is 4.10. The van der Waals surface area contributed by atoms with Gasteiger partial charge in [0.25, 0.3) is 0 Å². The van der Waals surface area contributed by atoms with Crippen molar-refractivity contribution in [3.05, 3.63) is 59.7 Å². The van der Waals surface area contributed by atoms with Crippen LogP contribution in [-0.4, -0.2) is 5.11 Å². The van der Waals surface area contributed by atoms with E-state index in [1.54, 1.807) is 0 Å². The summed E-state index contributed by atoms with van der Waals surface area (Å²) in [6, 6.07) is 16.2. The summed E-state index contributed by atoms with van der Waals surface area (Å²) in [6.45, 7) is 0. The fraction of sp³-hybridized carbons (Fsp3) is 0.143. The molecule has 1 nitrogen and oxygen atoms in total. The number of aliphatic hydroxyl groups is 1. The topological polar surface area (TPSA) is 20.2 Å². The zero-order chi connectivity index (χ0) is 11.1. The van der Waals surface area contributed by atoms with Crippen molar-refractivity contribution in [2.45, 2.75) is 10.9 Å². The van der Waals surface area contributed by atoms with Crippen molar-refractivity contribution in [1.82, 2.24) is 0 Å². The molecule has 0 radical (unpaired) electrons. The molecule has 1 N–H and O–H groups in total. The molecule has 0 heterocycles. The average molecular weight is 275 g/mol. The first-order valence-corrected chi connectivity index (χ1v) is 6.21. The Morgan fingerprint density at radius 1 is 0.812 bits per heavy atom. The number of hydrogen-bond donors (Lipinski definition) is 1. The number of halogens is 1. The maximum Gasteiger partial charge on any atom is 0.0962 e. The van der Waals surface area contributed by atoms with Crippen LogP contribution in [0.3, 0.4) is 0 Å². The Balaban J connectivity index is 2.33. The Bertz CT molecular complexity index is 486. The molecule has 2 aromatic carbocycles. The van der Waals surface area contributed by atoms with Crippen LogP contribution in [0.25, 0.3) is 11.1 Å². The van der Waals surface area contributed by atoms with Gasteiger partial charge in [-0.05, 0) is 22.3 Å². The molecule has 0 fully saturated rings. The van der Waals surface area contributed by atoms with Crippen LogP contribution >= 0.6 is 15.9 Å². The SMILES string of the molecule is O[C@@H]1c2ccccc2-c2ccccc2[C@H]1Br. The molecule has 0 aliphatic heterocycles. The number of aliphatic hydroxyl groups excluding tert-OH is 1. The first-order valence-electron chi connectivity index (χ1n) is 5.29. The molecule has 2 atom stereocenters. The van der Waals surface area contributed by atoms with Gasteiger partial charge >= 0.3 is 0 Å². The third-order valence-electron chi connectivity index (χ3n) is 3.10. The summed E-state index contributed by atoms with van der Waals surface area (Å²) in [5.74, 6) is 0. The van der Waals surface area contributed by atoms with Crippen LogP contribution in [0.5, 0.6) is 0 Å². The molecular formula is C14H11BrO. The van der Waals surface area contributed by atoms with Crippen LogP contribution in [0.2, 0.25) is 0 Å². The molecule has 80 valence electrons. The van der Waals surface area contributed by atoms with E-state index in [0.29, 0.717) is 0 Å². The summed E-state index contributed by atoms with van der Waals surface area (Å²) in [5, 5.41) is 10.2. The first-order chi connectivity index (χ1) is 7.79. The highest BCUT2D eigenvalue weighted by atomic mass is 79.9. The van der Waals surface area contributed by atoms with Crippen molar-refractivity contribution in [3.8, 4) is 11.1 Å². The van der Waals surface area contributed by atoms with Gasteiger partial charge in [-0.15, -0.1) is 0 Å². The lowest BCUT2D eigenvalue weighted by Crippen LogP contribution is -2.12. The normalized spacial score (nSPS) is 22.4. The Kier molecular flexibility index (Phi) is 2.34. The van der Waals surface area contributed by atoms with Crippen molar-refractivity contribution in [2.24, 2.45) is 0 Å². The second kappa shape index (κ2) is 3.72. The van der Waals surface area contributed by atoms with E-state index in [1.807, 2.05) is 30.3 Å². The summed E-state index contributed by atoms with van der Waals surface area (Å²) < 4.78 is 0. The maximum atomic E-state index is 10.2. The minimum absolute atomic E-state index is 0.0152. The standard InChI is InChI=1S/C14H11BrO/c15-13-11-7-3-1-5-9(11)10-6-2-4-8-12(10)14(13)16/h1-8,13-14,16H/t13-,14-/m1/s1. The van der Waals surface area contributed by atoms with Crippen LogP contribution in [0.15, 0.2) is 48.5 Å². The molecule has 0 spiro atoms. The molecule has 0 saturated carbocycles. The molecule has 2 aromatic rings. The van der Waals surface area contributed by atoms with Crippen molar-refractivity contribution in [2.75, 3.05) is 0 Å². The third kappa shape index (κ3) is 1.34. The Hall–Kier alpha value is -1.12. The van der Waals surface area contributed by atoms with E-state index < -0.39 is 6.10 Å². The molecule has 16 heavy (non-hydrogen) atoms. The number of benzene rings is 2. The predicted molar refractivity (Wildman–Crippen MR) is 68.5 cm³/mol. The van der Waals surface area contributed by atoms with E-state index >= 15 is 0 Å². The molecule has 0 aromatic heterocycles. The Morgan fingerprint density at radius 3 is 2.00 bits per heavy atom. The number of fused-ring (bicyclic) bond motifs is 3. The van der Waals surface area contributed by atoms with Crippen LogP contribution in [0, 0.1) is 0 Å². The van der Waals surface area contributed by atoms with Crippen molar-refractivity contribution >= 4 is 15.9 Å². The van der Waals surface area contributed by atoms with E-state index in [4.69, 9.17) is 0 Å². The summed E-state index contributed by atoms with van der Waals surface area (Å²) in [6.07, 6.45) is -0.467. The van der Waals surface area contributed by atoms with E-state index in [-0.39, 0.29) is 4.83 Å². The highest BCUT2D eigenvalue weighted by Crippen LogP contribution is 2.48. The minimum Gasteiger partial charge on any atom is -0.387 e. The van der Waals surface area contributed by atoms with Gasteiger partial charge in [0, 0.05) is 0 Å². The van der Waals surface area contributed by atoms with Crippen LogP contribution in [-0.2, 0) is 0 Å². The zero-order valence-corrected chi connectivity index (χ0v) is 10.2. The lowest BCUT2D eigenvalue weighted by molar-refractivity contribution is 0.176. The molecule has 0 saturated heterocycles. The number of hydrogen-bond acceptors (Lipinski definition) is 1. The quantitative estimate of drug-likeness (QED) is 0.724. The monoisotopic (exact) mass is 274 g/mol. The van der Waals surface area contributed by atoms with E-state index in [9.17, 15) is 5.11 Å². The summed E-state index contributed by atoms with van der Waals surface area (Å²) in [4.78, 5) is -0.0152. The van der Waals surface area contributed by atoms with Gasteiger partial charge in [0.05, 0.1) is 10.9 Å². The van der Waals surface area contributed by atoms with E-state index in [1.165, 1.54) is 5.56 Å². The maximum absolute atomic E-state index is 10.2. The highest BCUT2D eigenvalue weighted by Gasteiger charge is 2.29. The number of alkyl halides is 1. The van der Waals surface area contributed by atoms with Gasteiger partial charge in [-0.1, -0.05) is 64.5 Å². The highest BCUT2D eigenvalue weighted by molar-refractivity contribution is 9.09. The minimum atomic E-state index is -0.467. The summed E-state index contributed by atoms with van der Waals surface area (Å²) >= 11 is 3.57.